The summed E-state index contributed by atoms with van der Waals surface area (Å²) in [6, 6.07) is 10.7. The van der Waals surface area contributed by atoms with Crippen molar-refractivity contribution in [3.05, 3.63) is 106 Å². The van der Waals surface area contributed by atoms with E-state index in [2.05, 4.69) is 74.7 Å². The fourth-order valence-corrected chi connectivity index (χ4v) is 11.2. The van der Waals surface area contributed by atoms with Crippen LogP contribution in [0, 0.1) is 6.92 Å². The number of allylic oxidation sites excluding steroid dienone is 3. The second-order valence-corrected chi connectivity index (χ2v) is 26.6. The number of quaternary nitrogens is 2. The van der Waals surface area contributed by atoms with Gasteiger partial charge in [0.25, 0.3) is 16.0 Å². The number of fused-ring (bicyclic) bond motifs is 2. The number of unbranched alkanes of at least 4 members (excludes halogenated alkanes) is 3. The van der Waals surface area contributed by atoms with Gasteiger partial charge in [0.1, 0.15) is 23.5 Å². The standard InChI is InChI=1S/C62H91BF2N10O10S/c1-11-52(62(80)69-54(22-14-16-38-74(5,6)7)61(79)66-35-37-70(4)36-15-12-13-24-60(78)85-73-46(3)26-34-59(73)77)68-58(76)23-18-40-84-51-31-28-47(29-32-51)27-30-50-42-48(21-19-41-86(81,82)83)55-44-56-49(20-17-39-75(8,9)10)43-57(53-33-25-45(2)67-53)72(56)63(64,65)71(50)55/h25,27-33,42-44,52,54,67H,3,11-24,26,34-41H2,1-2,4-10H3,(H2-2,66,68,69,76,79,80,81,82,83)/p+2/b30-27+. The number of aromatic nitrogens is 2. The summed E-state index contributed by atoms with van der Waals surface area (Å²) in [5.41, 5.74) is 5.22. The van der Waals surface area contributed by atoms with Crippen LogP contribution >= 0.6 is 0 Å². The van der Waals surface area contributed by atoms with Crippen LogP contribution in [0.5, 0.6) is 5.75 Å². The highest BCUT2D eigenvalue weighted by atomic mass is 32.2. The molecule has 472 valence electrons. The molecular formula is C62H93BF2N10O10S+2. The lowest BCUT2D eigenvalue weighted by Crippen LogP contribution is -2.54. The molecule has 0 radical (unpaired) electrons. The second-order valence-electron chi connectivity index (χ2n) is 25.0. The number of amides is 4. The molecule has 1 aromatic carbocycles. The van der Waals surface area contributed by atoms with Gasteiger partial charge in [-0.2, -0.15) is 8.42 Å². The Hall–Kier alpha value is -6.73. The van der Waals surface area contributed by atoms with Crippen molar-refractivity contribution in [2.75, 3.05) is 94.4 Å². The van der Waals surface area contributed by atoms with E-state index in [0.29, 0.717) is 104 Å². The summed E-state index contributed by atoms with van der Waals surface area (Å²) in [4.78, 5) is 75.0. The summed E-state index contributed by atoms with van der Waals surface area (Å²) in [6.45, 7) is 6.54. The van der Waals surface area contributed by atoms with Crippen molar-refractivity contribution in [1.29, 1.82) is 0 Å². The van der Waals surface area contributed by atoms with Gasteiger partial charge in [0.2, 0.25) is 17.7 Å². The molecule has 0 saturated carbocycles. The van der Waals surface area contributed by atoms with Crippen LogP contribution in [0.15, 0.2) is 72.1 Å². The van der Waals surface area contributed by atoms with Gasteiger partial charge in [0.05, 0.1) is 73.4 Å². The molecule has 0 spiro atoms. The average molecular weight is 1220 g/mol. The van der Waals surface area contributed by atoms with Crippen molar-refractivity contribution in [2.24, 2.45) is 0 Å². The first-order valence-corrected chi connectivity index (χ1v) is 31.9. The number of aryl methyl sites for hydroxylation is 2. The molecule has 3 aliphatic heterocycles. The van der Waals surface area contributed by atoms with Gasteiger partial charge in [-0.25, -0.2) is 4.79 Å². The lowest BCUT2D eigenvalue weighted by atomic mass is 9.88. The van der Waals surface area contributed by atoms with Gasteiger partial charge in [-0.3, -0.25) is 23.7 Å². The van der Waals surface area contributed by atoms with Gasteiger partial charge in [-0.15, -0.1) is 5.06 Å². The molecule has 3 aliphatic rings. The van der Waals surface area contributed by atoms with Crippen molar-refractivity contribution in [2.45, 2.75) is 129 Å². The minimum atomic E-state index is -4.48. The number of nitrogens with zero attached hydrogens (tertiary/aromatic N) is 6. The van der Waals surface area contributed by atoms with E-state index >= 15 is 8.63 Å². The molecule has 4 amide bonds. The van der Waals surface area contributed by atoms with E-state index in [1.54, 1.807) is 61.5 Å². The Labute approximate surface area is 507 Å². The number of halogens is 2. The molecule has 2 unspecified atom stereocenters. The average Bonchev–Trinajstić information content (AvgIpc) is 1.55. The van der Waals surface area contributed by atoms with Crippen LogP contribution in [-0.2, 0) is 45.3 Å². The van der Waals surface area contributed by atoms with Crippen molar-refractivity contribution in [3.63, 3.8) is 0 Å². The zero-order chi connectivity index (χ0) is 63.0. The monoisotopic (exact) mass is 1220 g/mol. The summed E-state index contributed by atoms with van der Waals surface area (Å²) < 4.78 is 77.7. The summed E-state index contributed by atoms with van der Waals surface area (Å²) in [5.74, 6) is -1.79. The topological polar surface area (TPSA) is 224 Å². The fraction of sp³-hybridized carbons (Fsp3) is 0.548. The number of ether oxygens (including phenoxy) is 1. The number of aromatic amines is 1. The maximum absolute atomic E-state index is 17.5. The molecule has 1 saturated heterocycles. The third-order valence-corrected chi connectivity index (χ3v) is 16.2. The second kappa shape index (κ2) is 30.8. The normalized spacial score (nSPS) is 15.8. The molecule has 2 aromatic heterocycles. The third kappa shape index (κ3) is 20.7. The van der Waals surface area contributed by atoms with E-state index in [4.69, 9.17) is 9.57 Å². The van der Waals surface area contributed by atoms with Crippen LogP contribution in [0.3, 0.4) is 0 Å². The SMILES string of the molecule is C=C1CCC(=O)N1OC(=O)CCCCCN(C)CCNC(=O)C(CCCC[N+](C)(C)C)NC(=O)C(CC)NC(=O)CCCOc1ccc(/C=C/c2cc(CCCS(=O)(=O)O)c3n2[B-](F)(F)[N+]2=C(c4ccc(C)[nH]4)C=C(CCC[N+](C)(C)C)C2=C3)cc1. The Bertz CT molecular complexity index is 3120. The molecule has 86 heavy (non-hydrogen) atoms. The van der Waals surface area contributed by atoms with Crippen molar-refractivity contribution < 1.29 is 68.6 Å². The number of carbonyl (C=O) groups excluding carboxylic acids is 5. The molecule has 20 nitrogen and oxygen atoms in total. The molecule has 1 fully saturated rings. The van der Waals surface area contributed by atoms with Gasteiger partial charge in [-0.05, 0) is 139 Å². The van der Waals surface area contributed by atoms with Crippen LogP contribution in [0.1, 0.15) is 137 Å². The largest absolute Gasteiger partial charge is 0.737 e. The Balaban J connectivity index is 1.00. The molecule has 5 N–H and O–H groups in total. The number of hydrogen-bond acceptors (Lipinski definition) is 10. The van der Waals surface area contributed by atoms with Crippen molar-refractivity contribution >= 4 is 70.6 Å². The zero-order valence-corrected chi connectivity index (χ0v) is 52.8. The first-order valence-electron chi connectivity index (χ1n) is 30.3. The molecule has 2 atom stereocenters. The van der Waals surface area contributed by atoms with Crippen molar-refractivity contribution in [1.82, 2.24) is 35.4 Å². The number of H-pyrrole nitrogens is 1. The number of carbonyl (C=O) groups is 5. The smallest absolute Gasteiger partial charge is 0.494 e. The number of benzene rings is 1. The van der Waals surface area contributed by atoms with Crippen LogP contribution in [0.4, 0.5) is 8.63 Å². The zero-order valence-electron chi connectivity index (χ0n) is 52.0. The van der Waals surface area contributed by atoms with Gasteiger partial charge in [0.15, 0.2) is 11.4 Å². The minimum Gasteiger partial charge on any atom is -0.494 e. The van der Waals surface area contributed by atoms with Gasteiger partial charge in [0, 0.05) is 73.6 Å². The number of likely N-dealkylation sites (N-methyl/N-ethyl adjacent to an activating group) is 1. The fourth-order valence-electron chi connectivity index (χ4n) is 10.7. The highest BCUT2D eigenvalue weighted by Crippen LogP contribution is 2.40. The number of hydrogen-bond donors (Lipinski definition) is 5. The van der Waals surface area contributed by atoms with E-state index in [0.717, 1.165) is 79.6 Å². The van der Waals surface area contributed by atoms with E-state index in [-0.39, 0.29) is 61.4 Å². The highest BCUT2D eigenvalue weighted by molar-refractivity contribution is 7.85. The summed E-state index contributed by atoms with van der Waals surface area (Å²) >= 11 is 0. The first kappa shape index (κ1) is 68.4. The number of nitrogens with one attached hydrogen (secondary N) is 4. The number of hydroxylamine groups is 2. The van der Waals surface area contributed by atoms with Crippen molar-refractivity contribution in [3.8, 4) is 5.75 Å². The predicted octanol–water partition coefficient (Wildman–Crippen LogP) is 7.24. The van der Waals surface area contributed by atoms with E-state index in [1.807, 2.05) is 26.1 Å². The third-order valence-electron chi connectivity index (χ3n) is 15.4. The van der Waals surface area contributed by atoms with Gasteiger partial charge in [-0.1, -0.05) is 38.1 Å². The quantitative estimate of drug-likeness (QED) is 0.0169. The van der Waals surface area contributed by atoms with Gasteiger partial charge >= 0.3 is 12.9 Å². The minimum absolute atomic E-state index is 0.0389. The van der Waals surface area contributed by atoms with Crippen LogP contribution in [0.2, 0.25) is 0 Å². The van der Waals surface area contributed by atoms with E-state index < -0.39 is 46.8 Å². The molecule has 0 bridgehead atoms. The van der Waals surface area contributed by atoms with Crippen LogP contribution < -0.4 is 20.7 Å². The van der Waals surface area contributed by atoms with E-state index in [9.17, 15) is 36.9 Å². The summed E-state index contributed by atoms with van der Waals surface area (Å²) in [6.07, 6.45) is 14.4. The molecule has 5 heterocycles. The Morgan fingerprint density at radius 1 is 0.860 bits per heavy atom. The molecule has 3 aromatic rings. The lowest BCUT2D eigenvalue weighted by Gasteiger charge is -2.31. The predicted molar refractivity (Wildman–Crippen MR) is 332 cm³/mol. The summed E-state index contributed by atoms with van der Waals surface area (Å²) in [7, 11) is 10.2. The number of rotatable bonds is 36. The van der Waals surface area contributed by atoms with Crippen LogP contribution in [0.25, 0.3) is 18.2 Å². The molecular weight excluding hydrogens is 1130 g/mol. The highest BCUT2D eigenvalue weighted by Gasteiger charge is 2.55. The Morgan fingerprint density at radius 3 is 2.23 bits per heavy atom. The maximum Gasteiger partial charge on any atom is 0.737 e. The molecule has 24 heteroatoms. The Kier molecular flexibility index (Phi) is 24.5. The molecule has 0 aliphatic carbocycles. The lowest BCUT2D eigenvalue weighted by molar-refractivity contribution is -0.870. The molecule has 6 rings (SSSR count). The Morgan fingerprint density at radius 2 is 1.58 bits per heavy atom. The van der Waals surface area contributed by atoms with Gasteiger partial charge < -0.3 is 62.0 Å². The summed E-state index contributed by atoms with van der Waals surface area (Å²) in [5, 5.41) is 9.72. The maximum atomic E-state index is 17.5. The van der Waals surface area contributed by atoms with E-state index in [1.165, 1.54) is 0 Å². The first-order chi connectivity index (χ1) is 40.5. The van der Waals surface area contributed by atoms with Crippen LogP contribution in [-0.4, -0.2) is 195 Å².